The van der Waals surface area contributed by atoms with Crippen LogP contribution in [0.3, 0.4) is 0 Å². The molecule has 2 rings (SSSR count). The minimum Gasteiger partial charge on any atom is -0.463 e. The predicted octanol–water partition coefficient (Wildman–Crippen LogP) is 3.31. The van der Waals surface area contributed by atoms with Crippen molar-refractivity contribution in [2.45, 2.75) is 20.1 Å². The predicted molar refractivity (Wildman–Crippen MR) is 101 cm³/mol. The number of esters is 1. The zero-order valence-corrected chi connectivity index (χ0v) is 15.7. The van der Waals surface area contributed by atoms with Crippen molar-refractivity contribution < 1.29 is 28.6 Å². The summed E-state index contributed by atoms with van der Waals surface area (Å²) in [5, 5.41) is 0. The maximum Gasteiger partial charge on any atom is 0.379 e. The Balaban J connectivity index is 0.000000277. The largest absolute Gasteiger partial charge is 0.463 e. The van der Waals surface area contributed by atoms with Gasteiger partial charge in [0.25, 0.3) is 5.78 Å². The van der Waals surface area contributed by atoms with Crippen molar-refractivity contribution in [2.75, 3.05) is 20.3 Å². The van der Waals surface area contributed by atoms with Crippen LogP contribution in [0.1, 0.15) is 34.6 Å². The van der Waals surface area contributed by atoms with Crippen molar-refractivity contribution in [1.29, 1.82) is 0 Å². The Labute approximate surface area is 159 Å². The van der Waals surface area contributed by atoms with E-state index in [2.05, 4.69) is 4.74 Å². The van der Waals surface area contributed by atoms with E-state index in [1.54, 1.807) is 42.5 Å². The highest BCUT2D eigenvalue weighted by molar-refractivity contribution is 6.40. The summed E-state index contributed by atoms with van der Waals surface area (Å²) in [7, 11) is 1.18. The number of hydrogen-bond donors (Lipinski definition) is 0. The van der Waals surface area contributed by atoms with E-state index in [9.17, 15) is 14.4 Å². The number of hydrogen-bond acceptors (Lipinski definition) is 6. The van der Waals surface area contributed by atoms with E-state index < -0.39 is 18.0 Å². The lowest BCUT2D eigenvalue weighted by atomic mass is 10.1. The van der Waals surface area contributed by atoms with Crippen LogP contribution in [0, 0.1) is 0 Å². The summed E-state index contributed by atoms with van der Waals surface area (Å²) in [6.07, 6.45) is -0.776. The van der Waals surface area contributed by atoms with E-state index >= 15 is 0 Å². The molecule has 0 aliphatic carbocycles. The number of benzene rings is 2. The first-order chi connectivity index (χ1) is 13.0. The molecule has 0 unspecified atom stereocenters. The molecular formula is C21H24O6. The van der Waals surface area contributed by atoms with Crippen molar-refractivity contribution in [3.8, 4) is 0 Å². The van der Waals surface area contributed by atoms with E-state index in [1.165, 1.54) is 7.11 Å². The summed E-state index contributed by atoms with van der Waals surface area (Å²) >= 11 is 0. The van der Waals surface area contributed by atoms with Gasteiger partial charge in [-0.2, -0.15) is 0 Å². The van der Waals surface area contributed by atoms with Crippen molar-refractivity contribution >= 4 is 17.5 Å². The zero-order valence-electron chi connectivity index (χ0n) is 15.7. The molecule has 0 aliphatic rings. The van der Waals surface area contributed by atoms with Gasteiger partial charge in [0.05, 0.1) is 7.11 Å². The van der Waals surface area contributed by atoms with Crippen molar-refractivity contribution in [2.24, 2.45) is 0 Å². The molecule has 0 saturated heterocycles. The quantitative estimate of drug-likeness (QED) is 0.306. The molecule has 0 spiro atoms. The number of carbonyl (C=O) groups is 3. The second-order valence-electron chi connectivity index (χ2n) is 5.16. The minimum atomic E-state index is -0.832. The van der Waals surface area contributed by atoms with Gasteiger partial charge in [-0.25, -0.2) is 4.79 Å². The summed E-state index contributed by atoms with van der Waals surface area (Å²) in [6, 6.07) is 17.3. The van der Waals surface area contributed by atoms with Crippen molar-refractivity contribution in [3.63, 3.8) is 0 Å². The third kappa shape index (κ3) is 7.52. The van der Waals surface area contributed by atoms with Gasteiger partial charge in [-0.3, -0.25) is 9.59 Å². The second kappa shape index (κ2) is 12.5. The first kappa shape index (κ1) is 22.2. The fraction of sp³-hybridized carbons (Fsp3) is 0.286. The summed E-state index contributed by atoms with van der Waals surface area (Å²) in [5.74, 6) is -1.57. The van der Waals surface area contributed by atoms with E-state index in [1.807, 2.05) is 32.0 Å². The molecule has 0 N–H and O–H groups in total. The van der Waals surface area contributed by atoms with Crippen LogP contribution < -0.4 is 0 Å². The monoisotopic (exact) mass is 372 g/mol. The van der Waals surface area contributed by atoms with Gasteiger partial charge in [-0.05, 0) is 13.8 Å². The Bertz CT molecular complexity index is 706. The van der Waals surface area contributed by atoms with Crippen LogP contribution in [0.4, 0.5) is 0 Å². The lowest BCUT2D eigenvalue weighted by Crippen LogP contribution is -2.27. The summed E-state index contributed by atoms with van der Waals surface area (Å²) in [4.78, 5) is 33.7. The van der Waals surface area contributed by atoms with Crippen LogP contribution >= 0.6 is 0 Å². The van der Waals surface area contributed by atoms with Gasteiger partial charge in [0.1, 0.15) is 0 Å². The van der Waals surface area contributed by atoms with Crippen molar-refractivity contribution in [3.05, 3.63) is 71.8 Å². The summed E-state index contributed by atoms with van der Waals surface area (Å²) < 4.78 is 14.7. The molecule has 0 heterocycles. The molecule has 2 aromatic carbocycles. The SMILES string of the molecule is CCOC(OCC)C(=O)c1ccccc1.COC(=O)C(=O)c1ccccc1. The fourth-order valence-electron chi connectivity index (χ4n) is 2.04. The van der Waals surface area contributed by atoms with Gasteiger partial charge < -0.3 is 14.2 Å². The van der Waals surface area contributed by atoms with Gasteiger partial charge in [-0.15, -0.1) is 0 Å². The number of ether oxygens (including phenoxy) is 3. The van der Waals surface area contributed by atoms with E-state index in [4.69, 9.17) is 9.47 Å². The molecule has 6 nitrogen and oxygen atoms in total. The highest BCUT2D eigenvalue weighted by atomic mass is 16.7. The molecular weight excluding hydrogens is 348 g/mol. The fourth-order valence-corrected chi connectivity index (χ4v) is 2.04. The average molecular weight is 372 g/mol. The molecule has 6 heteroatoms. The van der Waals surface area contributed by atoms with Crippen LogP contribution in [-0.2, 0) is 19.0 Å². The van der Waals surface area contributed by atoms with E-state index in [0.29, 0.717) is 24.3 Å². The molecule has 27 heavy (non-hydrogen) atoms. The van der Waals surface area contributed by atoms with Crippen LogP contribution in [0.25, 0.3) is 0 Å². The topological polar surface area (TPSA) is 78.9 Å². The highest BCUT2D eigenvalue weighted by Gasteiger charge is 2.19. The third-order valence-corrected chi connectivity index (χ3v) is 3.32. The van der Waals surface area contributed by atoms with E-state index in [0.717, 1.165) is 0 Å². The van der Waals surface area contributed by atoms with Crippen molar-refractivity contribution in [1.82, 2.24) is 0 Å². The van der Waals surface area contributed by atoms with E-state index in [-0.39, 0.29) is 5.78 Å². The Hall–Kier alpha value is -2.83. The normalized spacial score (nSPS) is 9.93. The van der Waals surface area contributed by atoms with Gasteiger partial charge in [0, 0.05) is 24.3 Å². The first-order valence-corrected chi connectivity index (χ1v) is 8.55. The van der Waals surface area contributed by atoms with Crippen LogP contribution in [0.5, 0.6) is 0 Å². The second-order valence-corrected chi connectivity index (χ2v) is 5.16. The van der Waals surface area contributed by atoms with Crippen LogP contribution in [0.2, 0.25) is 0 Å². The smallest absolute Gasteiger partial charge is 0.379 e. The first-order valence-electron chi connectivity index (χ1n) is 8.55. The Morgan fingerprint density at radius 2 is 1.22 bits per heavy atom. The molecule has 0 bridgehead atoms. The maximum absolute atomic E-state index is 11.9. The Morgan fingerprint density at radius 1 is 0.778 bits per heavy atom. The highest BCUT2D eigenvalue weighted by Crippen LogP contribution is 2.07. The summed E-state index contributed by atoms with van der Waals surface area (Å²) in [6.45, 7) is 4.60. The number of rotatable bonds is 8. The molecule has 144 valence electrons. The van der Waals surface area contributed by atoms with Crippen LogP contribution in [0.15, 0.2) is 60.7 Å². The minimum absolute atomic E-state index is 0.126. The summed E-state index contributed by atoms with van der Waals surface area (Å²) in [5.41, 5.74) is 0.966. The van der Waals surface area contributed by atoms with Gasteiger partial charge >= 0.3 is 5.97 Å². The average Bonchev–Trinajstić information content (AvgIpc) is 2.73. The number of ketones is 2. The molecule has 0 saturated carbocycles. The molecule has 0 amide bonds. The maximum atomic E-state index is 11.9. The third-order valence-electron chi connectivity index (χ3n) is 3.32. The van der Waals surface area contributed by atoms with Crippen LogP contribution in [-0.4, -0.2) is 44.1 Å². The molecule has 0 aliphatic heterocycles. The Kier molecular flexibility index (Phi) is 10.3. The molecule has 0 aromatic heterocycles. The molecule has 0 fully saturated rings. The lowest BCUT2D eigenvalue weighted by molar-refractivity contribution is -0.135. The number of carbonyl (C=O) groups excluding carboxylic acids is 3. The molecule has 0 radical (unpaired) electrons. The molecule has 0 atom stereocenters. The van der Waals surface area contributed by atoms with Gasteiger partial charge in [-0.1, -0.05) is 60.7 Å². The lowest BCUT2D eigenvalue weighted by Gasteiger charge is -2.15. The van der Waals surface area contributed by atoms with Gasteiger partial charge in [0.15, 0.2) is 0 Å². The zero-order chi connectivity index (χ0) is 20.1. The Morgan fingerprint density at radius 3 is 1.63 bits per heavy atom. The number of Topliss-reactive ketones (excluding diaryl/α,β-unsaturated/α-hetero) is 2. The van der Waals surface area contributed by atoms with Gasteiger partial charge in [0.2, 0.25) is 12.1 Å². The standard InChI is InChI=1S/C12H16O3.C9H8O3/c1-3-14-12(15-4-2)11(13)10-8-6-5-7-9-10;1-12-9(11)8(10)7-5-3-2-4-6-7/h5-9,12H,3-4H2,1-2H3;2-6H,1H3. The number of methoxy groups -OCH3 is 1. The molecule has 2 aromatic rings.